The van der Waals surface area contributed by atoms with Gasteiger partial charge in [0.25, 0.3) is 5.56 Å². The SMILES string of the molecule is Cn1c(Cl)c([C@@H]2O[C@H](CO[Si](C)(C)C(C)(C)C)[C@@H](O[Si](C)(C)C(C)(C)C)[C@H]2O[Si](C)(C)C(C)(C)C)c(=O)[nH]c1=O. The summed E-state index contributed by atoms with van der Waals surface area (Å²) in [6.45, 7) is 33.3. The number of H-pyrrole nitrogens is 1. The molecule has 232 valence electrons. The van der Waals surface area contributed by atoms with E-state index < -0.39 is 60.6 Å². The van der Waals surface area contributed by atoms with Gasteiger partial charge in [0, 0.05) is 7.05 Å². The summed E-state index contributed by atoms with van der Waals surface area (Å²) in [4.78, 5) is 28.0. The molecule has 1 fully saturated rings. The number of ether oxygens (including phenoxy) is 1. The molecule has 0 radical (unpaired) electrons. The highest BCUT2D eigenvalue weighted by molar-refractivity contribution is 6.75. The molecule has 1 aromatic heterocycles. The van der Waals surface area contributed by atoms with Gasteiger partial charge in [-0.05, 0) is 54.4 Å². The fraction of sp³-hybridized carbons (Fsp3) is 0.857. The van der Waals surface area contributed by atoms with Crippen molar-refractivity contribution in [1.29, 1.82) is 0 Å². The number of rotatable bonds is 8. The number of aromatic nitrogens is 2. The van der Waals surface area contributed by atoms with Crippen molar-refractivity contribution in [3.05, 3.63) is 31.6 Å². The molecule has 0 spiro atoms. The highest BCUT2D eigenvalue weighted by Gasteiger charge is 2.55. The zero-order valence-electron chi connectivity index (χ0n) is 27.8. The van der Waals surface area contributed by atoms with Crippen LogP contribution in [0.5, 0.6) is 0 Å². The van der Waals surface area contributed by atoms with Gasteiger partial charge in [-0.3, -0.25) is 14.3 Å². The summed E-state index contributed by atoms with van der Waals surface area (Å²) in [6.07, 6.45) is -2.42. The third-order valence-electron chi connectivity index (χ3n) is 9.77. The molecule has 12 heteroatoms. The van der Waals surface area contributed by atoms with Crippen molar-refractivity contribution in [2.45, 2.75) is 141 Å². The first-order valence-electron chi connectivity index (χ1n) is 14.3. The Bertz CT molecular complexity index is 1170. The first-order valence-corrected chi connectivity index (χ1v) is 23.4. The Kier molecular flexibility index (Phi) is 10.3. The van der Waals surface area contributed by atoms with Crippen molar-refractivity contribution >= 4 is 36.6 Å². The fourth-order valence-electron chi connectivity index (χ4n) is 3.76. The Morgan fingerprint density at radius 3 is 1.65 bits per heavy atom. The van der Waals surface area contributed by atoms with E-state index in [4.69, 9.17) is 29.6 Å². The molecule has 1 aromatic rings. The minimum absolute atomic E-state index is 0.00992. The van der Waals surface area contributed by atoms with Crippen molar-refractivity contribution in [2.75, 3.05) is 6.61 Å². The molecule has 2 rings (SSSR count). The molecule has 0 bridgehead atoms. The van der Waals surface area contributed by atoms with Crippen LogP contribution in [-0.4, -0.2) is 59.4 Å². The number of nitrogens with one attached hydrogen (secondary N) is 1. The minimum atomic E-state index is -2.39. The van der Waals surface area contributed by atoms with Crippen molar-refractivity contribution in [3.63, 3.8) is 0 Å². The lowest BCUT2D eigenvalue weighted by Gasteiger charge is -2.44. The van der Waals surface area contributed by atoms with Gasteiger partial charge in [0.1, 0.15) is 29.6 Å². The molecule has 1 saturated heterocycles. The van der Waals surface area contributed by atoms with Gasteiger partial charge < -0.3 is 18.0 Å². The van der Waals surface area contributed by atoms with E-state index in [1.807, 2.05) is 0 Å². The molecule has 1 aliphatic rings. The quantitative estimate of drug-likeness (QED) is 0.245. The fourth-order valence-corrected chi connectivity index (χ4v) is 7.66. The van der Waals surface area contributed by atoms with Gasteiger partial charge in [0.2, 0.25) is 0 Å². The zero-order chi connectivity index (χ0) is 31.4. The number of aromatic amines is 1. The summed E-state index contributed by atoms with van der Waals surface area (Å²) in [5.41, 5.74) is -0.962. The molecule has 0 aliphatic carbocycles. The van der Waals surface area contributed by atoms with Crippen molar-refractivity contribution < 1.29 is 18.0 Å². The van der Waals surface area contributed by atoms with Gasteiger partial charge in [-0.25, -0.2) is 4.79 Å². The second-order valence-electron chi connectivity index (χ2n) is 15.9. The third-order valence-corrected chi connectivity index (χ3v) is 23.7. The molecule has 0 saturated carbocycles. The maximum atomic E-state index is 13.3. The summed E-state index contributed by atoms with van der Waals surface area (Å²) >= 11 is 6.68. The Hall–Kier alpha value is -0.539. The summed E-state index contributed by atoms with van der Waals surface area (Å²) in [6, 6.07) is 0. The maximum absolute atomic E-state index is 13.3. The summed E-state index contributed by atoms with van der Waals surface area (Å²) in [5, 5.41) is -0.118. The highest BCUT2D eigenvalue weighted by atomic mass is 35.5. The standard InChI is InChI=1S/C28H55ClN2O6Si3/c1-26(2,3)38(11,12)34-17-18-20(36-39(13,14)27(4,5)6)22(37-40(15,16)28(7,8)9)21(35-18)19-23(29)31(10)25(33)30-24(19)32/h18,20-22H,17H2,1-16H3,(H,30,32,33)/t18-,20-,21+,22-/m1/s1. The summed E-state index contributed by atoms with van der Waals surface area (Å²) < 4.78 is 28.8. The molecule has 1 N–H and O–H groups in total. The average molecular weight is 635 g/mol. The van der Waals surface area contributed by atoms with Crippen molar-refractivity contribution in [3.8, 4) is 0 Å². The Balaban J connectivity index is 2.76. The molecule has 40 heavy (non-hydrogen) atoms. The summed E-state index contributed by atoms with van der Waals surface area (Å²) in [7, 11) is -5.31. The lowest BCUT2D eigenvalue weighted by atomic mass is 10.0. The predicted molar refractivity (Wildman–Crippen MR) is 172 cm³/mol. The Morgan fingerprint density at radius 1 is 0.800 bits per heavy atom. The second kappa shape index (κ2) is 11.5. The van der Waals surface area contributed by atoms with Gasteiger partial charge in [-0.15, -0.1) is 0 Å². The maximum Gasteiger partial charge on any atom is 0.329 e. The van der Waals surface area contributed by atoms with Gasteiger partial charge in [0.05, 0.1) is 12.2 Å². The predicted octanol–water partition coefficient (Wildman–Crippen LogP) is 6.97. The molecule has 8 nitrogen and oxygen atoms in total. The van der Waals surface area contributed by atoms with Crippen molar-refractivity contribution in [1.82, 2.24) is 9.55 Å². The molecule has 1 aliphatic heterocycles. The molecule has 2 heterocycles. The second-order valence-corrected chi connectivity index (χ2v) is 30.6. The molecular formula is C28H55ClN2O6Si3. The number of hydrogen-bond acceptors (Lipinski definition) is 6. The molecular weight excluding hydrogens is 580 g/mol. The smallest absolute Gasteiger partial charge is 0.329 e. The molecule has 0 unspecified atom stereocenters. The topological polar surface area (TPSA) is 91.8 Å². The van der Waals surface area contributed by atoms with E-state index in [1.54, 1.807) is 0 Å². The van der Waals surface area contributed by atoms with Crippen LogP contribution in [0.15, 0.2) is 9.59 Å². The van der Waals surface area contributed by atoms with Crippen LogP contribution in [0.2, 0.25) is 59.5 Å². The Morgan fingerprint density at radius 2 is 1.23 bits per heavy atom. The monoisotopic (exact) mass is 634 g/mol. The average Bonchev–Trinajstić information content (AvgIpc) is 3.04. The largest absolute Gasteiger partial charge is 0.414 e. The number of hydrogen-bond donors (Lipinski definition) is 1. The van der Waals surface area contributed by atoms with Gasteiger partial charge in [-0.2, -0.15) is 0 Å². The highest BCUT2D eigenvalue weighted by Crippen LogP contribution is 2.47. The van der Waals surface area contributed by atoms with Crippen LogP contribution in [0.1, 0.15) is 74.0 Å². The zero-order valence-corrected chi connectivity index (χ0v) is 31.5. The first-order chi connectivity index (χ1) is 17.6. The van der Waals surface area contributed by atoms with Crippen LogP contribution < -0.4 is 11.2 Å². The van der Waals surface area contributed by atoms with Crippen LogP contribution in [-0.2, 0) is 25.1 Å². The normalized spacial score (nSPS) is 23.6. The van der Waals surface area contributed by atoms with Crippen LogP contribution >= 0.6 is 11.6 Å². The van der Waals surface area contributed by atoms with Gasteiger partial charge in [0.15, 0.2) is 25.0 Å². The van der Waals surface area contributed by atoms with E-state index in [0.29, 0.717) is 6.61 Å². The lowest BCUT2D eigenvalue weighted by molar-refractivity contribution is -0.0179. The minimum Gasteiger partial charge on any atom is -0.414 e. The third kappa shape index (κ3) is 7.32. The lowest BCUT2D eigenvalue weighted by Crippen LogP contribution is -2.54. The molecule has 0 amide bonds. The van der Waals surface area contributed by atoms with E-state index in [2.05, 4.69) is 107 Å². The summed E-state index contributed by atoms with van der Waals surface area (Å²) in [5.74, 6) is 0. The van der Waals surface area contributed by atoms with Gasteiger partial charge in [-0.1, -0.05) is 73.9 Å². The van der Waals surface area contributed by atoms with Gasteiger partial charge >= 0.3 is 5.69 Å². The first kappa shape index (κ1) is 35.7. The van der Waals surface area contributed by atoms with Crippen LogP contribution in [0.3, 0.4) is 0 Å². The molecule has 0 aromatic carbocycles. The van der Waals surface area contributed by atoms with Crippen LogP contribution in [0, 0.1) is 0 Å². The van der Waals surface area contributed by atoms with E-state index in [-0.39, 0.29) is 25.8 Å². The van der Waals surface area contributed by atoms with Crippen molar-refractivity contribution in [2.24, 2.45) is 7.05 Å². The van der Waals surface area contributed by atoms with Crippen LogP contribution in [0.4, 0.5) is 0 Å². The van der Waals surface area contributed by atoms with Crippen LogP contribution in [0.25, 0.3) is 0 Å². The van der Waals surface area contributed by atoms with E-state index >= 15 is 0 Å². The van der Waals surface area contributed by atoms with E-state index in [0.717, 1.165) is 0 Å². The number of halogens is 1. The number of nitrogens with zero attached hydrogens (tertiary/aromatic N) is 1. The molecule has 4 atom stereocenters. The Labute approximate surface area is 249 Å². The van der Waals surface area contributed by atoms with E-state index in [1.165, 1.54) is 11.6 Å². The van der Waals surface area contributed by atoms with E-state index in [9.17, 15) is 9.59 Å².